The minimum atomic E-state index is -0.0693. The van der Waals surface area contributed by atoms with E-state index in [-0.39, 0.29) is 11.6 Å². The van der Waals surface area contributed by atoms with Crippen LogP contribution in [-0.2, 0) is 23.0 Å². The van der Waals surface area contributed by atoms with E-state index >= 15 is 0 Å². The van der Waals surface area contributed by atoms with Crippen molar-refractivity contribution in [1.29, 1.82) is 0 Å². The van der Waals surface area contributed by atoms with Gasteiger partial charge in [0, 0.05) is 45.3 Å². The van der Waals surface area contributed by atoms with Crippen molar-refractivity contribution in [2.45, 2.75) is 23.0 Å². The smallest absolute Gasteiger partial charge is 0.193 e. The largest absolute Gasteiger partial charge is 0.289 e. The van der Waals surface area contributed by atoms with E-state index in [0.29, 0.717) is 22.3 Å². The third-order valence-electron chi connectivity index (χ3n) is 5.89. The zero-order valence-corrected chi connectivity index (χ0v) is 20.3. The van der Waals surface area contributed by atoms with Crippen LogP contribution in [0.25, 0.3) is 0 Å². The summed E-state index contributed by atoms with van der Waals surface area (Å²) in [6.07, 6.45) is 0. The first-order chi connectivity index (χ1) is 16.7. The van der Waals surface area contributed by atoms with Gasteiger partial charge in [-0.05, 0) is 28.3 Å². The molecular weight excluding hydrogens is 456 g/mol. The Labute approximate surface area is 208 Å². The Hall–Kier alpha value is -3.08. The molecule has 4 heteroatoms. The van der Waals surface area contributed by atoms with Crippen LogP contribution in [0.15, 0.2) is 97.1 Å². The number of hydrogen-bond donors (Lipinski definition) is 0. The van der Waals surface area contributed by atoms with E-state index in [1.807, 2.05) is 72.1 Å². The average molecular weight is 481 g/mol. The van der Waals surface area contributed by atoms with Crippen LogP contribution in [0.4, 0.5) is 0 Å². The molecule has 168 valence electrons. The van der Waals surface area contributed by atoms with Gasteiger partial charge in [0.05, 0.1) is 0 Å². The summed E-state index contributed by atoms with van der Waals surface area (Å²) in [5, 5.41) is 0. The normalized spacial score (nSPS) is 14.5. The molecule has 4 aromatic carbocycles. The van der Waals surface area contributed by atoms with Gasteiger partial charge >= 0.3 is 0 Å². The monoisotopic (exact) mass is 480 g/mol. The lowest BCUT2D eigenvalue weighted by Gasteiger charge is -2.09. The minimum absolute atomic E-state index is 0.0693. The zero-order chi connectivity index (χ0) is 23.3. The van der Waals surface area contributed by atoms with Gasteiger partial charge in [0.2, 0.25) is 0 Å². The van der Waals surface area contributed by atoms with Gasteiger partial charge in [0.25, 0.3) is 0 Å². The Kier molecular flexibility index (Phi) is 6.98. The van der Waals surface area contributed by atoms with Gasteiger partial charge in [-0.3, -0.25) is 9.59 Å². The molecule has 8 rings (SSSR count). The highest BCUT2D eigenvalue weighted by Crippen LogP contribution is 2.24. The molecule has 34 heavy (non-hydrogen) atoms. The van der Waals surface area contributed by atoms with E-state index in [2.05, 4.69) is 24.3 Å². The molecule has 2 nitrogen and oxygen atoms in total. The van der Waals surface area contributed by atoms with Crippen molar-refractivity contribution in [2.24, 2.45) is 0 Å². The Balaban J connectivity index is 1.46. The standard InChI is InChI=1S/C30H24O2S2/c31-29-25-11-7-21(8-12-25)17-33-19-23-3-1-4-24(15-23)20-34-18-22-9-13-26(14-10-22)30(32)28-6-2-5-27(29)16-28/h1-16H,17-20H2. The molecule has 4 aliphatic rings. The fourth-order valence-electron chi connectivity index (χ4n) is 4.02. The van der Waals surface area contributed by atoms with Crippen LogP contribution in [-0.4, -0.2) is 11.6 Å². The number of benzene rings is 4. The molecule has 0 spiro atoms. The Morgan fingerprint density at radius 1 is 0.412 bits per heavy atom. The van der Waals surface area contributed by atoms with Gasteiger partial charge in [-0.25, -0.2) is 0 Å². The van der Waals surface area contributed by atoms with Crippen LogP contribution >= 0.6 is 23.5 Å². The summed E-state index contributed by atoms with van der Waals surface area (Å²) in [5.41, 5.74) is 7.39. The lowest BCUT2D eigenvalue weighted by Crippen LogP contribution is -2.06. The molecule has 4 aromatic rings. The highest BCUT2D eigenvalue weighted by molar-refractivity contribution is 7.98. The lowest BCUT2D eigenvalue weighted by molar-refractivity contribution is 0.103. The SMILES string of the molecule is O=C1c2ccc(cc2)CSCc2cccc(c2)CSCc2ccc(cc2)C(=O)c2cccc1c2. The van der Waals surface area contributed by atoms with Gasteiger partial charge in [0.15, 0.2) is 11.6 Å². The summed E-state index contributed by atoms with van der Waals surface area (Å²) in [6, 6.07) is 31.5. The minimum Gasteiger partial charge on any atom is -0.289 e. The molecule has 0 atom stereocenters. The van der Waals surface area contributed by atoms with E-state index in [1.54, 1.807) is 24.3 Å². The molecule has 0 saturated heterocycles. The summed E-state index contributed by atoms with van der Waals surface area (Å²) in [4.78, 5) is 26.1. The van der Waals surface area contributed by atoms with E-state index in [1.165, 1.54) is 22.3 Å². The van der Waals surface area contributed by atoms with Gasteiger partial charge in [-0.1, -0.05) is 91.0 Å². The fraction of sp³-hybridized carbons (Fsp3) is 0.133. The van der Waals surface area contributed by atoms with Crippen molar-refractivity contribution in [1.82, 2.24) is 0 Å². The second-order valence-corrected chi connectivity index (χ2v) is 10.4. The number of thioether (sulfide) groups is 2. The number of carbonyl (C=O) groups excluding carboxylic acids is 2. The lowest BCUT2D eigenvalue weighted by atomic mass is 9.97. The van der Waals surface area contributed by atoms with Crippen LogP contribution in [0, 0.1) is 0 Å². The summed E-state index contributed by atoms with van der Waals surface area (Å²) in [7, 11) is 0. The second-order valence-electron chi connectivity index (χ2n) is 8.44. The van der Waals surface area contributed by atoms with Crippen LogP contribution in [0.2, 0.25) is 0 Å². The molecule has 0 N–H and O–H groups in total. The molecule has 0 aliphatic carbocycles. The van der Waals surface area contributed by atoms with E-state index in [0.717, 1.165) is 23.0 Å². The Bertz CT molecular complexity index is 1230. The summed E-state index contributed by atoms with van der Waals surface area (Å²) in [5.74, 6) is 3.57. The summed E-state index contributed by atoms with van der Waals surface area (Å²) < 4.78 is 0. The van der Waals surface area contributed by atoms with Crippen molar-refractivity contribution >= 4 is 35.1 Å². The second kappa shape index (κ2) is 10.5. The predicted molar refractivity (Wildman–Crippen MR) is 143 cm³/mol. The first kappa shape index (κ1) is 22.7. The molecule has 4 heterocycles. The van der Waals surface area contributed by atoms with Crippen molar-refractivity contribution in [2.75, 3.05) is 0 Å². The fourth-order valence-corrected chi connectivity index (χ4v) is 5.91. The van der Waals surface area contributed by atoms with Gasteiger partial charge in [0.1, 0.15) is 0 Å². The number of ketones is 2. The van der Waals surface area contributed by atoms with Crippen LogP contribution in [0.1, 0.15) is 54.1 Å². The maximum atomic E-state index is 13.1. The first-order valence-corrected chi connectivity index (χ1v) is 13.6. The average Bonchev–Trinajstić information content (AvgIpc) is 2.89. The van der Waals surface area contributed by atoms with Crippen molar-refractivity contribution in [3.63, 3.8) is 0 Å². The van der Waals surface area contributed by atoms with Crippen LogP contribution < -0.4 is 0 Å². The van der Waals surface area contributed by atoms with Crippen molar-refractivity contribution in [3.05, 3.63) is 142 Å². The molecule has 0 radical (unpaired) electrons. The molecule has 8 bridgehead atoms. The first-order valence-electron chi connectivity index (χ1n) is 11.3. The zero-order valence-electron chi connectivity index (χ0n) is 18.7. The third-order valence-corrected chi connectivity index (χ3v) is 8.04. The molecule has 0 amide bonds. The molecule has 4 aliphatic heterocycles. The van der Waals surface area contributed by atoms with Crippen molar-refractivity contribution < 1.29 is 9.59 Å². The topological polar surface area (TPSA) is 34.1 Å². The van der Waals surface area contributed by atoms with Crippen LogP contribution in [0.3, 0.4) is 0 Å². The number of rotatable bonds is 0. The highest BCUT2D eigenvalue weighted by Gasteiger charge is 2.14. The van der Waals surface area contributed by atoms with E-state index in [4.69, 9.17) is 0 Å². The van der Waals surface area contributed by atoms with Crippen molar-refractivity contribution in [3.8, 4) is 0 Å². The number of carbonyl (C=O) groups is 2. The van der Waals surface area contributed by atoms with E-state index in [9.17, 15) is 9.59 Å². The van der Waals surface area contributed by atoms with Gasteiger partial charge in [-0.2, -0.15) is 23.5 Å². The Morgan fingerprint density at radius 3 is 1.29 bits per heavy atom. The summed E-state index contributed by atoms with van der Waals surface area (Å²) >= 11 is 3.76. The predicted octanol–water partition coefficient (Wildman–Crippen LogP) is 7.33. The molecule has 0 fully saturated rings. The van der Waals surface area contributed by atoms with Crippen LogP contribution in [0.5, 0.6) is 0 Å². The summed E-state index contributed by atoms with van der Waals surface area (Å²) in [6.45, 7) is 0. The Morgan fingerprint density at radius 2 is 0.824 bits per heavy atom. The molecule has 0 aromatic heterocycles. The maximum absolute atomic E-state index is 13.1. The third kappa shape index (κ3) is 5.35. The molecular formula is C30H24O2S2. The molecule has 0 unspecified atom stereocenters. The van der Waals surface area contributed by atoms with Gasteiger partial charge in [-0.15, -0.1) is 0 Å². The van der Waals surface area contributed by atoms with E-state index < -0.39 is 0 Å². The van der Waals surface area contributed by atoms with Gasteiger partial charge < -0.3 is 0 Å². The number of hydrogen-bond acceptors (Lipinski definition) is 4. The quantitative estimate of drug-likeness (QED) is 0.264. The maximum Gasteiger partial charge on any atom is 0.193 e. The molecule has 0 saturated carbocycles. The highest BCUT2D eigenvalue weighted by atomic mass is 32.2.